The molecule has 0 fully saturated rings. The van der Waals surface area contributed by atoms with Crippen LogP contribution in [0.5, 0.6) is 0 Å². The smallest absolute Gasteiger partial charge is 0.0558 e. The zero-order valence-corrected chi connectivity index (χ0v) is 14.0. The van der Waals surface area contributed by atoms with Gasteiger partial charge in [0.2, 0.25) is 0 Å². The summed E-state index contributed by atoms with van der Waals surface area (Å²) < 4.78 is 0. The molecule has 0 saturated heterocycles. The fraction of sp³-hybridized carbons (Fsp3) is 0.882. The van der Waals surface area contributed by atoms with Crippen LogP contribution in [0.2, 0.25) is 0 Å². The second-order valence-electron chi connectivity index (χ2n) is 5.36. The minimum absolute atomic E-state index is 0.769. The Morgan fingerprint density at radius 1 is 0.700 bits per heavy atom. The fourth-order valence-corrected chi connectivity index (χ4v) is 2.15. The highest BCUT2D eigenvalue weighted by Crippen LogP contribution is 2.05. The van der Waals surface area contributed by atoms with Crippen LogP contribution in [0.4, 0.5) is 0 Å². The Hall–Kier alpha value is -0.700. The summed E-state index contributed by atoms with van der Waals surface area (Å²) in [6.45, 7) is 9.32. The Balaban J connectivity index is 4.57. The summed E-state index contributed by atoms with van der Waals surface area (Å²) in [5.74, 6) is 0. The van der Waals surface area contributed by atoms with Crippen molar-refractivity contribution in [1.82, 2.24) is 0 Å². The average Bonchev–Trinajstić information content (AvgIpc) is 2.46. The third-order valence-electron chi connectivity index (χ3n) is 3.29. The lowest BCUT2D eigenvalue weighted by molar-refractivity contribution is 0.726. The molecule has 0 amide bonds. The summed E-state index contributed by atoms with van der Waals surface area (Å²) in [4.78, 5) is 9.63. The minimum Gasteiger partial charge on any atom is -0.330 e. The molecule has 0 aliphatic rings. The van der Waals surface area contributed by atoms with Crippen LogP contribution >= 0.6 is 0 Å². The van der Waals surface area contributed by atoms with E-state index >= 15 is 0 Å². The van der Waals surface area contributed by atoms with Crippen molar-refractivity contribution in [1.29, 1.82) is 0 Å². The Morgan fingerprint density at radius 3 is 1.60 bits per heavy atom. The van der Waals surface area contributed by atoms with E-state index in [1.807, 2.05) is 0 Å². The van der Waals surface area contributed by atoms with E-state index in [0.29, 0.717) is 0 Å². The van der Waals surface area contributed by atoms with Crippen molar-refractivity contribution >= 4 is 11.4 Å². The Bertz CT molecular complexity index is 241. The summed E-state index contributed by atoms with van der Waals surface area (Å²) in [7, 11) is 0. The second kappa shape index (κ2) is 14.7. The maximum atomic E-state index is 5.53. The number of unbranched alkanes of at least 4 members (excludes halogenated alkanes) is 3. The van der Waals surface area contributed by atoms with E-state index in [1.54, 1.807) is 0 Å². The molecule has 0 rings (SSSR count). The quantitative estimate of drug-likeness (QED) is 0.395. The molecular weight excluding hydrogens is 246 g/mol. The lowest BCUT2D eigenvalue weighted by atomic mass is 10.1. The molecule has 0 aromatic rings. The first kappa shape index (κ1) is 19.3. The van der Waals surface area contributed by atoms with Crippen molar-refractivity contribution in [2.24, 2.45) is 15.7 Å². The monoisotopic (exact) mass is 281 g/mol. The predicted molar refractivity (Wildman–Crippen MR) is 92.2 cm³/mol. The second-order valence-corrected chi connectivity index (χ2v) is 5.36. The van der Waals surface area contributed by atoms with Crippen LogP contribution in [0.15, 0.2) is 9.98 Å². The highest BCUT2D eigenvalue weighted by atomic mass is 14.8. The summed E-state index contributed by atoms with van der Waals surface area (Å²) in [6, 6.07) is 0. The van der Waals surface area contributed by atoms with Gasteiger partial charge in [-0.2, -0.15) is 0 Å². The van der Waals surface area contributed by atoms with E-state index in [9.17, 15) is 0 Å². The molecule has 0 aliphatic carbocycles. The van der Waals surface area contributed by atoms with E-state index in [4.69, 9.17) is 15.7 Å². The molecule has 0 heterocycles. The highest BCUT2D eigenvalue weighted by Gasteiger charge is 2.07. The molecule has 0 spiro atoms. The van der Waals surface area contributed by atoms with E-state index < -0.39 is 0 Å². The van der Waals surface area contributed by atoms with Gasteiger partial charge in [-0.05, 0) is 38.6 Å². The van der Waals surface area contributed by atoms with Gasteiger partial charge in [0, 0.05) is 13.1 Å². The average molecular weight is 281 g/mol. The van der Waals surface area contributed by atoms with Gasteiger partial charge in [0.05, 0.1) is 11.4 Å². The van der Waals surface area contributed by atoms with Gasteiger partial charge >= 0.3 is 0 Å². The van der Waals surface area contributed by atoms with Gasteiger partial charge < -0.3 is 5.73 Å². The summed E-state index contributed by atoms with van der Waals surface area (Å²) in [5.41, 5.74) is 8.05. The molecular formula is C17H35N3. The normalized spacial score (nSPS) is 13.0. The van der Waals surface area contributed by atoms with Crippen molar-refractivity contribution < 1.29 is 0 Å². The Kier molecular flexibility index (Phi) is 14.2. The van der Waals surface area contributed by atoms with Gasteiger partial charge in [-0.15, -0.1) is 0 Å². The molecule has 20 heavy (non-hydrogen) atoms. The zero-order chi connectivity index (χ0) is 15.1. The first-order valence-electron chi connectivity index (χ1n) is 8.57. The molecule has 3 nitrogen and oxygen atoms in total. The van der Waals surface area contributed by atoms with E-state index in [1.165, 1.54) is 30.7 Å². The molecule has 0 saturated carbocycles. The van der Waals surface area contributed by atoms with Crippen molar-refractivity contribution in [3.63, 3.8) is 0 Å². The lowest BCUT2D eigenvalue weighted by Crippen LogP contribution is -2.16. The molecule has 0 bridgehead atoms. The summed E-state index contributed by atoms with van der Waals surface area (Å²) in [5, 5.41) is 0. The van der Waals surface area contributed by atoms with E-state index in [-0.39, 0.29) is 0 Å². The molecule has 0 unspecified atom stereocenters. The van der Waals surface area contributed by atoms with Gasteiger partial charge in [-0.3, -0.25) is 9.98 Å². The zero-order valence-electron chi connectivity index (χ0n) is 14.0. The molecule has 0 atom stereocenters. The first-order valence-corrected chi connectivity index (χ1v) is 8.57. The molecule has 118 valence electrons. The van der Waals surface area contributed by atoms with E-state index in [0.717, 1.165) is 58.2 Å². The van der Waals surface area contributed by atoms with Crippen molar-refractivity contribution in [3.8, 4) is 0 Å². The Labute approximate surface area is 126 Å². The molecule has 2 N–H and O–H groups in total. The number of hydrogen-bond donors (Lipinski definition) is 1. The summed E-state index contributed by atoms with van der Waals surface area (Å²) in [6.07, 6.45) is 10.3. The SMILES string of the molecule is CCCCC/N=C(CCC)/C(CCC)=N/CCCCN. The minimum atomic E-state index is 0.769. The summed E-state index contributed by atoms with van der Waals surface area (Å²) >= 11 is 0. The third kappa shape index (κ3) is 10.1. The molecule has 0 aromatic heterocycles. The lowest BCUT2D eigenvalue weighted by Gasteiger charge is -2.09. The number of nitrogens with two attached hydrogens (primary N) is 1. The van der Waals surface area contributed by atoms with Crippen LogP contribution in [0.1, 0.15) is 78.6 Å². The topological polar surface area (TPSA) is 50.7 Å². The number of rotatable bonds is 13. The van der Waals surface area contributed by atoms with E-state index in [2.05, 4.69) is 20.8 Å². The van der Waals surface area contributed by atoms with Gasteiger partial charge in [-0.25, -0.2) is 0 Å². The standard InChI is InChI=1S/C17H35N3/c1-4-7-9-14-19-16(11-5-2)17(12-6-3)20-15-10-8-13-18/h4-15,18H2,1-3H3/b19-16+,20-17+. The van der Waals surface area contributed by atoms with Crippen LogP contribution < -0.4 is 5.73 Å². The fourth-order valence-electron chi connectivity index (χ4n) is 2.15. The van der Waals surface area contributed by atoms with Crippen LogP contribution in [-0.2, 0) is 0 Å². The van der Waals surface area contributed by atoms with Gasteiger partial charge in [0.1, 0.15) is 0 Å². The largest absolute Gasteiger partial charge is 0.330 e. The number of nitrogens with zero attached hydrogens (tertiary/aromatic N) is 2. The number of aliphatic imine (C=N–C) groups is 2. The predicted octanol–water partition coefficient (Wildman–Crippen LogP) is 4.40. The van der Waals surface area contributed by atoms with Crippen molar-refractivity contribution in [2.75, 3.05) is 19.6 Å². The Morgan fingerprint density at radius 2 is 1.20 bits per heavy atom. The van der Waals surface area contributed by atoms with Crippen LogP contribution in [0.3, 0.4) is 0 Å². The van der Waals surface area contributed by atoms with Crippen LogP contribution in [0, 0.1) is 0 Å². The van der Waals surface area contributed by atoms with Crippen LogP contribution in [0.25, 0.3) is 0 Å². The van der Waals surface area contributed by atoms with Gasteiger partial charge in [-0.1, -0.05) is 46.5 Å². The highest BCUT2D eigenvalue weighted by molar-refractivity contribution is 6.42. The van der Waals surface area contributed by atoms with Crippen molar-refractivity contribution in [3.05, 3.63) is 0 Å². The molecule has 3 heteroatoms. The maximum Gasteiger partial charge on any atom is 0.0558 e. The van der Waals surface area contributed by atoms with Crippen molar-refractivity contribution in [2.45, 2.75) is 78.6 Å². The van der Waals surface area contributed by atoms with Gasteiger partial charge in [0.25, 0.3) is 0 Å². The number of hydrogen-bond acceptors (Lipinski definition) is 3. The molecule has 0 aliphatic heterocycles. The van der Waals surface area contributed by atoms with Crippen LogP contribution in [-0.4, -0.2) is 31.1 Å². The third-order valence-corrected chi connectivity index (χ3v) is 3.29. The first-order chi connectivity index (χ1) is 9.79. The van der Waals surface area contributed by atoms with Gasteiger partial charge in [0.15, 0.2) is 0 Å². The maximum absolute atomic E-state index is 5.53. The molecule has 0 aromatic carbocycles. The molecule has 0 radical (unpaired) electrons.